The monoisotopic (exact) mass is 331 g/mol. The maximum atomic E-state index is 5.38. The van der Waals surface area contributed by atoms with Crippen LogP contribution in [0.1, 0.15) is 16.7 Å². The fourth-order valence-corrected chi connectivity index (χ4v) is 3.11. The van der Waals surface area contributed by atoms with Crippen LogP contribution in [0.25, 0.3) is 0 Å². The molecule has 1 heterocycles. The Morgan fingerprint density at radius 3 is 2.78 bits per heavy atom. The number of guanidine groups is 1. The highest BCUT2D eigenvalue weighted by molar-refractivity contribution is 7.07. The molecule has 0 saturated heterocycles. The van der Waals surface area contributed by atoms with Crippen LogP contribution in [-0.4, -0.2) is 38.6 Å². The van der Waals surface area contributed by atoms with Crippen LogP contribution in [0.5, 0.6) is 5.75 Å². The second-order valence-electron chi connectivity index (χ2n) is 5.52. The van der Waals surface area contributed by atoms with Gasteiger partial charge in [0.05, 0.1) is 7.11 Å². The molecule has 0 radical (unpaired) electrons. The molecule has 0 atom stereocenters. The van der Waals surface area contributed by atoms with Gasteiger partial charge in [-0.3, -0.25) is 4.99 Å². The Labute approximate surface area is 142 Å². The number of aliphatic imine (C=N–C) groups is 1. The van der Waals surface area contributed by atoms with Crippen molar-refractivity contribution in [1.29, 1.82) is 0 Å². The van der Waals surface area contributed by atoms with Gasteiger partial charge in [0.25, 0.3) is 0 Å². The summed E-state index contributed by atoms with van der Waals surface area (Å²) in [5, 5.41) is 7.69. The molecule has 23 heavy (non-hydrogen) atoms. The van der Waals surface area contributed by atoms with Gasteiger partial charge in [-0.05, 0) is 52.9 Å². The van der Waals surface area contributed by atoms with Crippen LogP contribution in [-0.2, 0) is 13.0 Å². The van der Waals surface area contributed by atoms with Gasteiger partial charge in [0.15, 0.2) is 5.96 Å². The first-order valence-corrected chi connectivity index (χ1v) is 8.64. The third-order valence-corrected chi connectivity index (χ3v) is 4.47. The molecule has 0 bridgehead atoms. The number of hydrogen-bond donors (Lipinski definition) is 1. The predicted octanol–water partition coefficient (Wildman–Crippen LogP) is 3.32. The zero-order valence-electron chi connectivity index (χ0n) is 14.3. The number of ether oxygens (including phenoxy) is 1. The normalized spacial score (nSPS) is 11.4. The van der Waals surface area contributed by atoms with Gasteiger partial charge in [0.1, 0.15) is 5.75 Å². The molecule has 0 aliphatic carbocycles. The Balaban J connectivity index is 1.86. The lowest BCUT2D eigenvalue weighted by atomic mass is 10.1. The Bertz CT molecular complexity index is 638. The average Bonchev–Trinajstić information content (AvgIpc) is 3.05. The lowest BCUT2D eigenvalue weighted by Crippen LogP contribution is -2.39. The van der Waals surface area contributed by atoms with Crippen LogP contribution in [0.15, 0.2) is 40.0 Å². The van der Waals surface area contributed by atoms with E-state index in [-0.39, 0.29) is 0 Å². The van der Waals surface area contributed by atoms with Gasteiger partial charge in [0.2, 0.25) is 0 Å². The highest BCUT2D eigenvalue weighted by atomic mass is 32.1. The topological polar surface area (TPSA) is 36.9 Å². The quantitative estimate of drug-likeness (QED) is 0.652. The van der Waals surface area contributed by atoms with Gasteiger partial charge < -0.3 is 15.0 Å². The van der Waals surface area contributed by atoms with Gasteiger partial charge >= 0.3 is 0 Å². The van der Waals surface area contributed by atoms with E-state index >= 15 is 0 Å². The van der Waals surface area contributed by atoms with E-state index < -0.39 is 0 Å². The summed E-state index contributed by atoms with van der Waals surface area (Å²) in [5.41, 5.74) is 3.73. The van der Waals surface area contributed by atoms with Crippen molar-refractivity contribution in [3.05, 3.63) is 51.7 Å². The molecular weight excluding hydrogens is 306 g/mol. The highest BCUT2D eigenvalue weighted by Gasteiger charge is 2.07. The SMILES string of the molecule is CN=C(NCCc1ccc(C)c(OC)c1)N(C)Cc1ccsc1. The number of nitrogens with zero attached hydrogens (tertiary/aromatic N) is 2. The maximum Gasteiger partial charge on any atom is 0.193 e. The number of hydrogen-bond acceptors (Lipinski definition) is 3. The minimum absolute atomic E-state index is 0.840. The van der Waals surface area contributed by atoms with E-state index in [2.05, 4.69) is 64.2 Å². The van der Waals surface area contributed by atoms with E-state index in [1.54, 1.807) is 18.4 Å². The molecule has 0 amide bonds. The largest absolute Gasteiger partial charge is 0.496 e. The van der Waals surface area contributed by atoms with Crippen LogP contribution in [0.3, 0.4) is 0 Å². The van der Waals surface area contributed by atoms with Gasteiger partial charge in [-0.2, -0.15) is 11.3 Å². The summed E-state index contributed by atoms with van der Waals surface area (Å²) >= 11 is 1.72. The van der Waals surface area contributed by atoms with E-state index in [0.717, 1.165) is 36.8 Å². The highest BCUT2D eigenvalue weighted by Crippen LogP contribution is 2.19. The van der Waals surface area contributed by atoms with Crippen molar-refractivity contribution >= 4 is 17.3 Å². The van der Waals surface area contributed by atoms with Crippen LogP contribution < -0.4 is 10.1 Å². The van der Waals surface area contributed by atoms with Gasteiger partial charge in [0, 0.05) is 27.2 Å². The molecule has 0 unspecified atom stereocenters. The molecule has 2 aromatic rings. The number of thiophene rings is 1. The minimum atomic E-state index is 0.840. The molecule has 0 aliphatic heterocycles. The van der Waals surface area contributed by atoms with E-state index in [0.29, 0.717) is 0 Å². The Morgan fingerprint density at radius 1 is 1.30 bits per heavy atom. The molecule has 0 saturated carbocycles. The zero-order chi connectivity index (χ0) is 16.7. The summed E-state index contributed by atoms with van der Waals surface area (Å²) in [6.07, 6.45) is 0.932. The third kappa shape index (κ3) is 4.99. The van der Waals surface area contributed by atoms with Crippen molar-refractivity contribution in [1.82, 2.24) is 10.2 Å². The van der Waals surface area contributed by atoms with Crippen LogP contribution in [0.4, 0.5) is 0 Å². The number of aryl methyl sites for hydroxylation is 1. The standard InChI is InChI=1S/C18H25N3OS/c1-14-5-6-15(11-17(14)22-4)7-9-20-18(19-2)21(3)12-16-8-10-23-13-16/h5-6,8,10-11,13H,7,9,12H2,1-4H3,(H,19,20). The van der Waals surface area contributed by atoms with Crippen molar-refractivity contribution < 1.29 is 4.74 Å². The number of methoxy groups -OCH3 is 1. The van der Waals surface area contributed by atoms with Crippen molar-refractivity contribution in [3.63, 3.8) is 0 Å². The second kappa shape index (κ2) is 8.58. The van der Waals surface area contributed by atoms with Crippen LogP contribution >= 0.6 is 11.3 Å². The zero-order valence-corrected chi connectivity index (χ0v) is 15.1. The van der Waals surface area contributed by atoms with Crippen molar-refractivity contribution in [2.75, 3.05) is 27.7 Å². The Hall–Kier alpha value is -2.01. The fraction of sp³-hybridized carbons (Fsp3) is 0.389. The van der Waals surface area contributed by atoms with Gasteiger partial charge in [-0.15, -0.1) is 0 Å². The first-order chi connectivity index (χ1) is 11.1. The lowest BCUT2D eigenvalue weighted by molar-refractivity contribution is 0.411. The molecule has 124 valence electrons. The first kappa shape index (κ1) is 17.3. The molecule has 4 nitrogen and oxygen atoms in total. The summed E-state index contributed by atoms with van der Waals surface area (Å²) in [7, 11) is 5.59. The van der Waals surface area contributed by atoms with Crippen LogP contribution in [0, 0.1) is 6.92 Å². The Morgan fingerprint density at radius 2 is 2.13 bits per heavy atom. The number of rotatable bonds is 6. The molecule has 1 aromatic heterocycles. The van der Waals surface area contributed by atoms with Crippen molar-refractivity contribution in [3.8, 4) is 5.75 Å². The van der Waals surface area contributed by atoms with E-state index in [1.165, 1.54) is 11.1 Å². The predicted molar refractivity (Wildman–Crippen MR) is 98.6 cm³/mol. The summed E-state index contributed by atoms with van der Waals surface area (Å²) in [6.45, 7) is 3.76. The van der Waals surface area contributed by atoms with Crippen molar-refractivity contribution in [2.24, 2.45) is 4.99 Å². The average molecular weight is 331 g/mol. The molecule has 5 heteroatoms. The summed E-state index contributed by atoms with van der Waals surface area (Å²) in [6, 6.07) is 8.50. The second-order valence-corrected chi connectivity index (χ2v) is 6.30. The van der Waals surface area contributed by atoms with E-state index in [1.807, 2.05) is 7.05 Å². The van der Waals surface area contributed by atoms with E-state index in [9.17, 15) is 0 Å². The molecule has 0 fully saturated rings. The smallest absolute Gasteiger partial charge is 0.193 e. The summed E-state index contributed by atoms with van der Waals surface area (Å²) in [5.74, 6) is 1.86. The number of nitrogens with one attached hydrogen (secondary N) is 1. The third-order valence-electron chi connectivity index (χ3n) is 3.74. The van der Waals surface area contributed by atoms with Gasteiger partial charge in [-0.25, -0.2) is 0 Å². The molecule has 1 N–H and O–H groups in total. The number of benzene rings is 1. The fourth-order valence-electron chi connectivity index (χ4n) is 2.45. The van der Waals surface area contributed by atoms with E-state index in [4.69, 9.17) is 4.74 Å². The molecule has 1 aromatic carbocycles. The molecule has 0 aliphatic rings. The molecule has 2 rings (SSSR count). The maximum absolute atomic E-state index is 5.38. The van der Waals surface area contributed by atoms with Crippen molar-refractivity contribution in [2.45, 2.75) is 19.9 Å². The minimum Gasteiger partial charge on any atom is -0.496 e. The summed E-state index contributed by atoms with van der Waals surface area (Å²) in [4.78, 5) is 6.49. The lowest BCUT2D eigenvalue weighted by Gasteiger charge is -2.21. The first-order valence-electron chi connectivity index (χ1n) is 7.70. The summed E-state index contributed by atoms with van der Waals surface area (Å²) < 4.78 is 5.38. The molecule has 0 spiro atoms. The Kier molecular flexibility index (Phi) is 6.47. The molecular formula is C18H25N3OS. The van der Waals surface area contributed by atoms with Crippen LogP contribution in [0.2, 0.25) is 0 Å². The van der Waals surface area contributed by atoms with Gasteiger partial charge in [-0.1, -0.05) is 12.1 Å².